The van der Waals surface area contributed by atoms with Gasteiger partial charge < -0.3 is 48.5 Å². The third kappa shape index (κ3) is 13.0. The first kappa shape index (κ1) is 34.6. The van der Waals surface area contributed by atoms with Crippen LogP contribution in [-0.2, 0) is 30.4 Å². The smallest absolute Gasteiger partial charge is 0.326 e. The topological polar surface area (TPSA) is 273 Å². The Balaban J connectivity index is 3.22. The number of hydrogen-bond acceptors (Lipinski definition) is 8. The number of aromatic hydroxyl groups is 1. The summed E-state index contributed by atoms with van der Waals surface area (Å²) in [4.78, 5) is 65.8. The van der Waals surface area contributed by atoms with Crippen molar-refractivity contribution in [3.05, 3.63) is 29.8 Å². The van der Waals surface area contributed by atoms with Crippen molar-refractivity contribution in [1.29, 1.82) is 0 Å². The fourth-order valence-electron chi connectivity index (χ4n) is 3.70. The first-order chi connectivity index (χ1) is 19.2. The number of nitrogens with zero attached hydrogens (tertiary/aromatic N) is 1. The van der Waals surface area contributed by atoms with Crippen LogP contribution in [-0.4, -0.2) is 81.7 Å². The van der Waals surface area contributed by atoms with Gasteiger partial charge in [-0.25, -0.2) is 4.79 Å². The molecule has 0 aromatic heterocycles. The number of hydrogen-bond donors (Lipinski definition) is 9. The molecule has 41 heavy (non-hydrogen) atoms. The van der Waals surface area contributed by atoms with Crippen molar-refractivity contribution < 1.29 is 39.3 Å². The lowest BCUT2D eigenvalue weighted by Gasteiger charge is -2.26. The zero-order valence-electron chi connectivity index (χ0n) is 23.2. The number of carboxylic acids is 2. The Bertz CT molecular complexity index is 1080. The standard InChI is InChI=1S/C26H41N7O8/c1-3-14(2)21(27)24(39)31-17(5-4-12-30-26(28)29)22(37)33-19(13-15-6-8-16(34)9-7-15)23(38)32-18(25(40)41)10-11-20(35)36/h6-9,14,17-19,21,34H,3-5,10-13,27H2,1-2H3,(H,31,39)(H,32,38)(H,33,37)(H,35,36)(H,40,41)(H4,28,29,30). The Hall–Kier alpha value is -4.40. The van der Waals surface area contributed by atoms with E-state index in [-0.39, 0.29) is 43.4 Å². The number of benzene rings is 1. The lowest BCUT2D eigenvalue weighted by Crippen LogP contribution is -2.58. The van der Waals surface area contributed by atoms with E-state index in [9.17, 15) is 34.2 Å². The number of nitrogens with one attached hydrogen (secondary N) is 3. The summed E-state index contributed by atoms with van der Waals surface area (Å²) >= 11 is 0. The highest BCUT2D eigenvalue weighted by Crippen LogP contribution is 2.13. The second-order valence-electron chi connectivity index (χ2n) is 9.68. The number of aliphatic carboxylic acids is 2. The summed E-state index contributed by atoms with van der Waals surface area (Å²) in [6.07, 6.45) is 0.00682. The van der Waals surface area contributed by atoms with Gasteiger partial charge in [-0.05, 0) is 42.9 Å². The fourth-order valence-corrected chi connectivity index (χ4v) is 3.70. The molecule has 0 fully saturated rings. The summed E-state index contributed by atoms with van der Waals surface area (Å²) in [7, 11) is 0. The maximum absolute atomic E-state index is 13.4. The van der Waals surface area contributed by atoms with Gasteiger partial charge in [-0.3, -0.25) is 24.2 Å². The Morgan fingerprint density at radius 3 is 1.98 bits per heavy atom. The fraction of sp³-hybridized carbons (Fsp3) is 0.538. The molecule has 5 atom stereocenters. The highest BCUT2D eigenvalue weighted by atomic mass is 16.4. The molecule has 0 saturated heterocycles. The van der Waals surface area contributed by atoms with E-state index in [1.807, 2.05) is 6.92 Å². The number of aliphatic imine (C=N–C) groups is 1. The average Bonchev–Trinajstić information content (AvgIpc) is 2.91. The van der Waals surface area contributed by atoms with Crippen LogP contribution in [0, 0.1) is 5.92 Å². The van der Waals surface area contributed by atoms with Crippen LogP contribution in [0.1, 0.15) is 51.5 Å². The molecule has 0 heterocycles. The summed E-state index contributed by atoms with van der Waals surface area (Å²) in [6, 6.07) is 0.907. The van der Waals surface area contributed by atoms with Crippen molar-refractivity contribution >= 4 is 35.6 Å². The van der Waals surface area contributed by atoms with Gasteiger partial charge in [-0.2, -0.15) is 0 Å². The number of phenols is 1. The molecule has 0 aliphatic heterocycles. The number of nitrogens with two attached hydrogens (primary N) is 3. The maximum Gasteiger partial charge on any atom is 0.326 e. The molecule has 15 nitrogen and oxygen atoms in total. The van der Waals surface area contributed by atoms with Gasteiger partial charge in [0.2, 0.25) is 17.7 Å². The second kappa shape index (κ2) is 17.3. The minimum Gasteiger partial charge on any atom is -0.508 e. The van der Waals surface area contributed by atoms with E-state index >= 15 is 0 Å². The highest BCUT2D eigenvalue weighted by Gasteiger charge is 2.31. The number of carboxylic acid groups (broad SMARTS) is 2. The normalized spacial score (nSPS) is 14.4. The SMILES string of the molecule is CCC(C)C(N)C(=O)NC(CCCN=C(N)N)C(=O)NC(Cc1ccc(O)cc1)C(=O)NC(CCC(=O)O)C(=O)O. The Kier molecular flexibility index (Phi) is 14.6. The van der Waals surface area contributed by atoms with Gasteiger partial charge in [-0.15, -0.1) is 0 Å². The van der Waals surface area contributed by atoms with Crippen molar-refractivity contribution in [2.24, 2.45) is 28.1 Å². The molecule has 15 heteroatoms. The van der Waals surface area contributed by atoms with Crippen LogP contribution >= 0.6 is 0 Å². The van der Waals surface area contributed by atoms with E-state index in [0.717, 1.165) is 0 Å². The molecule has 0 bridgehead atoms. The molecule has 1 aromatic carbocycles. The number of carbonyl (C=O) groups excluding carboxylic acids is 3. The van der Waals surface area contributed by atoms with Crippen molar-refractivity contribution in [3.8, 4) is 5.75 Å². The predicted molar refractivity (Wildman–Crippen MR) is 149 cm³/mol. The van der Waals surface area contributed by atoms with E-state index in [4.69, 9.17) is 22.3 Å². The van der Waals surface area contributed by atoms with Crippen LogP contribution in [0.15, 0.2) is 29.3 Å². The predicted octanol–water partition coefficient (Wildman–Crippen LogP) is -1.23. The zero-order chi connectivity index (χ0) is 31.1. The van der Waals surface area contributed by atoms with Crippen molar-refractivity contribution in [3.63, 3.8) is 0 Å². The minimum absolute atomic E-state index is 0.0282. The van der Waals surface area contributed by atoms with E-state index < -0.39 is 60.2 Å². The van der Waals surface area contributed by atoms with Crippen molar-refractivity contribution in [2.75, 3.05) is 6.54 Å². The zero-order valence-corrected chi connectivity index (χ0v) is 23.2. The molecule has 1 rings (SSSR count). The second-order valence-corrected chi connectivity index (χ2v) is 9.68. The third-order valence-electron chi connectivity index (χ3n) is 6.41. The molecule has 0 aliphatic rings. The van der Waals surface area contributed by atoms with Gasteiger partial charge in [0.15, 0.2) is 5.96 Å². The molecule has 0 aliphatic carbocycles. The monoisotopic (exact) mass is 579 g/mol. The molecule has 0 spiro atoms. The van der Waals surface area contributed by atoms with Crippen LogP contribution in [0.3, 0.4) is 0 Å². The van der Waals surface area contributed by atoms with Gasteiger partial charge in [0.25, 0.3) is 0 Å². The van der Waals surface area contributed by atoms with E-state index in [2.05, 4.69) is 20.9 Å². The number of phenolic OH excluding ortho intramolecular Hbond substituents is 1. The lowest BCUT2D eigenvalue weighted by molar-refractivity contribution is -0.143. The van der Waals surface area contributed by atoms with E-state index in [1.54, 1.807) is 6.92 Å². The van der Waals surface area contributed by atoms with E-state index in [0.29, 0.717) is 18.4 Å². The van der Waals surface area contributed by atoms with E-state index in [1.165, 1.54) is 24.3 Å². The quantitative estimate of drug-likeness (QED) is 0.0564. The number of amides is 3. The molecule has 5 unspecified atom stereocenters. The minimum atomic E-state index is -1.53. The van der Waals surface area contributed by atoms with Crippen LogP contribution in [0.5, 0.6) is 5.75 Å². The van der Waals surface area contributed by atoms with Gasteiger partial charge in [-0.1, -0.05) is 32.4 Å². The number of rotatable bonds is 18. The average molecular weight is 580 g/mol. The Labute approximate surface area is 237 Å². The lowest BCUT2D eigenvalue weighted by atomic mass is 9.98. The summed E-state index contributed by atoms with van der Waals surface area (Å²) in [5, 5.41) is 35.4. The van der Waals surface area contributed by atoms with Crippen molar-refractivity contribution in [2.45, 2.75) is 76.5 Å². The largest absolute Gasteiger partial charge is 0.508 e. The number of carbonyl (C=O) groups is 5. The molecule has 1 aromatic rings. The number of guanidine groups is 1. The van der Waals surface area contributed by atoms with Gasteiger partial charge >= 0.3 is 11.9 Å². The molecule has 228 valence electrons. The van der Waals surface area contributed by atoms with Crippen LogP contribution in [0.25, 0.3) is 0 Å². The van der Waals surface area contributed by atoms with Crippen LogP contribution in [0.2, 0.25) is 0 Å². The van der Waals surface area contributed by atoms with Crippen LogP contribution < -0.4 is 33.2 Å². The molecule has 3 amide bonds. The van der Waals surface area contributed by atoms with Gasteiger partial charge in [0, 0.05) is 19.4 Å². The van der Waals surface area contributed by atoms with Gasteiger partial charge in [0.05, 0.1) is 6.04 Å². The molecule has 0 saturated carbocycles. The summed E-state index contributed by atoms with van der Waals surface area (Å²) < 4.78 is 0. The highest BCUT2D eigenvalue weighted by molar-refractivity contribution is 5.94. The van der Waals surface area contributed by atoms with Gasteiger partial charge in [0.1, 0.15) is 23.9 Å². The molecular weight excluding hydrogens is 538 g/mol. The first-order valence-electron chi connectivity index (χ1n) is 13.2. The Morgan fingerprint density at radius 2 is 1.44 bits per heavy atom. The van der Waals surface area contributed by atoms with Crippen molar-refractivity contribution in [1.82, 2.24) is 16.0 Å². The first-order valence-corrected chi connectivity index (χ1v) is 13.2. The molecule has 12 N–H and O–H groups in total. The summed E-state index contributed by atoms with van der Waals surface area (Å²) in [5.74, 6) is -5.23. The Morgan fingerprint density at radius 1 is 0.878 bits per heavy atom. The molecule has 0 radical (unpaired) electrons. The van der Waals surface area contributed by atoms with Crippen LogP contribution in [0.4, 0.5) is 0 Å². The summed E-state index contributed by atoms with van der Waals surface area (Å²) in [6.45, 7) is 3.82. The maximum atomic E-state index is 13.4. The molecular formula is C26H41N7O8. The summed E-state index contributed by atoms with van der Waals surface area (Å²) in [5.41, 5.74) is 17.2. The third-order valence-corrected chi connectivity index (χ3v) is 6.41.